The number of nitrogens with one attached hydrogen (secondary N) is 1. The Labute approximate surface area is 124 Å². The maximum atomic E-state index is 5.96. The Bertz CT molecular complexity index is 560. The Morgan fingerprint density at radius 2 is 1.95 bits per heavy atom. The molecule has 1 fully saturated rings. The lowest BCUT2D eigenvalue weighted by atomic mass is 10.1. The van der Waals surface area contributed by atoms with Crippen LogP contribution in [-0.4, -0.2) is 6.04 Å². The summed E-state index contributed by atoms with van der Waals surface area (Å²) in [5, 5.41) is 3.55. The number of hydrogen-bond acceptors (Lipinski definition) is 3. The highest BCUT2D eigenvalue weighted by molar-refractivity contribution is 7.11. The second kappa shape index (κ2) is 6.42. The minimum absolute atomic E-state index is 0.672. The van der Waals surface area contributed by atoms with Gasteiger partial charge in [0, 0.05) is 22.3 Å². The number of hydrogen-bond donors (Lipinski definition) is 1. The van der Waals surface area contributed by atoms with Crippen molar-refractivity contribution in [2.75, 3.05) is 0 Å². The summed E-state index contributed by atoms with van der Waals surface area (Å²) in [6.07, 6.45) is 3.70. The van der Waals surface area contributed by atoms with Gasteiger partial charge in [-0.3, -0.25) is 0 Å². The molecule has 1 aliphatic rings. The summed E-state index contributed by atoms with van der Waals surface area (Å²) in [4.78, 5) is 2.70. The van der Waals surface area contributed by atoms with E-state index >= 15 is 0 Å². The van der Waals surface area contributed by atoms with Gasteiger partial charge in [-0.25, -0.2) is 0 Å². The number of ether oxygens (including phenoxy) is 1. The minimum Gasteiger partial charge on any atom is -0.488 e. The standard InChI is InChI=1S/C17H21NOS/c1-2-13-5-3-4-6-17(13)19-12-16-10-9-15(20-16)11-18-14-7-8-14/h3-6,9-10,14,18H,2,7-8,11-12H2,1H3. The van der Waals surface area contributed by atoms with E-state index < -0.39 is 0 Å². The molecular weight excluding hydrogens is 266 g/mol. The number of rotatable bonds is 7. The second-order valence-corrected chi connectivity index (χ2v) is 6.53. The molecule has 2 aromatic rings. The van der Waals surface area contributed by atoms with Crippen molar-refractivity contribution in [2.45, 2.75) is 45.4 Å². The summed E-state index contributed by atoms with van der Waals surface area (Å²) in [6, 6.07) is 13.5. The van der Waals surface area contributed by atoms with Crippen LogP contribution in [0.1, 0.15) is 35.1 Å². The normalized spacial score (nSPS) is 14.4. The van der Waals surface area contributed by atoms with Crippen LogP contribution in [0.3, 0.4) is 0 Å². The average molecular weight is 287 g/mol. The van der Waals surface area contributed by atoms with E-state index in [9.17, 15) is 0 Å². The van der Waals surface area contributed by atoms with Gasteiger partial charge in [0.2, 0.25) is 0 Å². The van der Waals surface area contributed by atoms with Crippen LogP contribution in [0.25, 0.3) is 0 Å². The predicted octanol–water partition coefficient (Wildman–Crippen LogP) is 4.14. The molecule has 1 N–H and O–H groups in total. The molecule has 0 saturated heterocycles. The smallest absolute Gasteiger partial charge is 0.123 e. The first-order chi connectivity index (χ1) is 9.85. The summed E-state index contributed by atoms with van der Waals surface area (Å²) in [6.45, 7) is 3.83. The molecule has 0 atom stereocenters. The van der Waals surface area contributed by atoms with E-state index in [1.807, 2.05) is 17.4 Å². The Balaban J connectivity index is 1.54. The molecular formula is C17H21NOS. The van der Waals surface area contributed by atoms with Gasteiger partial charge in [-0.1, -0.05) is 25.1 Å². The zero-order chi connectivity index (χ0) is 13.8. The lowest BCUT2D eigenvalue weighted by Gasteiger charge is -2.08. The van der Waals surface area contributed by atoms with Crippen molar-refractivity contribution in [1.82, 2.24) is 5.32 Å². The van der Waals surface area contributed by atoms with Crippen molar-refractivity contribution in [3.8, 4) is 5.75 Å². The van der Waals surface area contributed by atoms with Crippen LogP contribution >= 0.6 is 11.3 Å². The van der Waals surface area contributed by atoms with Crippen LogP contribution < -0.4 is 10.1 Å². The third kappa shape index (κ3) is 3.62. The van der Waals surface area contributed by atoms with Gasteiger partial charge in [0.1, 0.15) is 12.4 Å². The van der Waals surface area contributed by atoms with Crippen molar-refractivity contribution >= 4 is 11.3 Å². The highest BCUT2D eigenvalue weighted by Crippen LogP contribution is 2.24. The molecule has 1 aromatic carbocycles. The van der Waals surface area contributed by atoms with E-state index in [4.69, 9.17) is 4.74 Å². The van der Waals surface area contributed by atoms with E-state index in [0.29, 0.717) is 6.61 Å². The fourth-order valence-corrected chi connectivity index (χ4v) is 3.10. The van der Waals surface area contributed by atoms with Gasteiger partial charge < -0.3 is 10.1 Å². The second-order valence-electron chi connectivity index (χ2n) is 5.27. The lowest BCUT2D eigenvalue weighted by Crippen LogP contribution is -2.14. The molecule has 0 unspecified atom stereocenters. The van der Waals surface area contributed by atoms with Crippen molar-refractivity contribution in [3.63, 3.8) is 0 Å². The van der Waals surface area contributed by atoms with Crippen LogP contribution in [0.4, 0.5) is 0 Å². The molecule has 1 aliphatic carbocycles. The van der Waals surface area contributed by atoms with Crippen LogP contribution in [0, 0.1) is 0 Å². The first-order valence-corrected chi connectivity index (χ1v) is 8.18. The molecule has 0 radical (unpaired) electrons. The Morgan fingerprint density at radius 3 is 2.75 bits per heavy atom. The van der Waals surface area contributed by atoms with Gasteiger partial charge in [-0.15, -0.1) is 11.3 Å². The number of benzene rings is 1. The van der Waals surface area contributed by atoms with E-state index in [1.165, 1.54) is 28.2 Å². The minimum atomic E-state index is 0.672. The summed E-state index contributed by atoms with van der Waals surface area (Å²) in [5.41, 5.74) is 1.28. The zero-order valence-corrected chi connectivity index (χ0v) is 12.7. The molecule has 0 spiro atoms. The first-order valence-electron chi connectivity index (χ1n) is 7.37. The third-order valence-electron chi connectivity index (χ3n) is 3.58. The highest BCUT2D eigenvalue weighted by Gasteiger charge is 2.20. The van der Waals surface area contributed by atoms with Gasteiger partial charge in [0.15, 0.2) is 0 Å². The molecule has 20 heavy (non-hydrogen) atoms. The Kier molecular flexibility index (Phi) is 4.38. The predicted molar refractivity (Wildman–Crippen MR) is 84.3 cm³/mol. The molecule has 1 heterocycles. The third-order valence-corrected chi connectivity index (χ3v) is 4.64. The van der Waals surface area contributed by atoms with Crippen molar-refractivity contribution in [3.05, 3.63) is 51.7 Å². The molecule has 0 aliphatic heterocycles. The Morgan fingerprint density at radius 1 is 1.15 bits per heavy atom. The quantitative estimate of drug-likeness (QED) is 0.826. The fourth-order valence-electron chi connectivity index (χ4n) is 2.21. The van der Waals surface area contributed by atoms with E-state index in [0.717, 1.165) is 24.8 Å². The van der Waals surface area contributed by atoms with Crippen LogP contribution in [0.15, 0.2) is 36.4 Å². The van der Waals surface area contributed by atoms with Gasteiger partial charge in [0.05, 0.1) is 0 Å². The molecule has 0 bridgehead atoms. The molecule has 2 nitrogen and oxygen atoms in total. The molecule has 3 heteroatoms. The largest absolute Gasteiger partial charge is 0.488 e. The lowest BCUT2D eigenvalue weighted by molar-refractivity contribution is 0.306. The van der Waals surface area contributed by atoms with Gasteiger partial charge in [0.25, 0.3) is 0 Å². The fraction of sp³-hybridized carbons (Fsp3) is 0.412. The average Bonchev–Trinajstić information content (AvgIpc) is 3.21. The van der Waals surface area contributed by atoms with Crippen LogP contribution in [0.5, 0.6) is 5.75 Å². The van der Waals surface area contributed by atoms with Gasteiger partial charge >= 0.3 is 0 Å². The summed E-state index contributed by atoms with van der Waals surface area (Å²) >= 11 is 1.85. The summed E-state index contributed by atoms with van der Waals surface area (Å²) < 4.78 is 5.96. The first kappa shape index (κ1) is 13.7. The van der Waals surface area contributed by atoms with Gasteiger partial charge in [-0.05, 0) is 43.0 Å². The Hall–Kier alpha value is -1.32. The topological polar surface area (TPSA) is 21.3 Å². The zero-order valence-electron chi connectivity index (χ0n) is 11.9. The molecule has 106 valence electrons. The van der Waals surface area contributed by atoms with Crippen LogP contribution in [0.2, 0.25) is 0 Å². The molecule has 1 saturated carbocycles. The maximum Gasteiger partial charge on any atom is 0.123 e. The molecule has 3 rings (SSSR count). The summed E-state index contributed by atoms with van der Waals surface area (Å²) in [7, 11) is 0. The van der Waals surface area contributed by atoms with Crippen molar-refractivity contribution in [1.29, 1.82) is 0 Å². The van der Waals surface area contributed by atoms with Crippen LogP contribution in [-0.2, 0) is 19.6 Å². The number of aryl methyl sites for hydroxylation is 1. The van der Waals surface area contributed by atoms with Crippen molar-refractivity contribution in [2.24, 2.45) is 0 Å². The summed E-state index contributed by atoms with van der Waals surface area (Å²) in [5.74, 6) is 1.01. The van der Waals surface area contributed by atoms with E-state index in [2.05, 4.69) is 42.6 Å². The monoisotopic (exact) mass is 287 g/mol. The highest BCUT2D eigenvalue weighted by atomic mass is 32.1. The SMILES string of the molecule is CCc1ccccc1OCc1ccc(CNC2CC2)s1. The van der Waals surface area contributed by atoms with E-state index in [1.54, 1.807) is 0 Å². The number of para-hydroxylation sites is 1. The maximum absolute atomic E-state index is 5.96. The number of thiophene rings is 1. The van der Waals surface area contributed by atoms with E-state index in [-0.39, 0.29) is 0 Å². The molecule has 0 amide bonds. The van der Waals surface area contributed by atoms with Gasteiger partial charge in [-0.2, -0.15) is 0 Å². The molecule has 1 aromatic heterocycles. The van der Waals surface area contributed by atoms with Crippen molar-refractivity contribution < 1.29 is 4.74 Å².